The van der Waals surface area contributed by atoms with Crippen LogP contribution in [0, 0.1) is 31.6 Å². The molecular weight excluding hydrogens is 354 g/mol. The van der Waals surface area contributed by atoms with Crippen LogP contribution in [0.3, 0.4) is 0 Å². The Balaban J connectivity index is 0.000000444. The molecule has 1 aliphatic rings. The molecule has 0 bridgehead atoms. The van der Waals surface area contributed by atoms with Crippen molar-refractivity contribution in [3.05, 3.63) is 55.4 Å². The van der Waals surface area contributed by atoms with Gasteiger partial charge in [0.05, 0.1) is 14.2 Å². The predicted octanol–water partition coefficient (Wildman–Crippen LogP) is 4.72. The average Bonchev–Trinajstić information content (AvgIpc) is 2.91. The van der Waals surface area contributed by atoms with Gasteiger partial charge < -0.3 is 9.47 Å². The van der Waals surface area contributed by atoms with E-state index in [1.165, 1.54) is 11.5 Å². The Bertz CT molecular complexity index is 393. The van der Waals surface area contributed by atoms with Gasteiger partial charge in [0.1, 0.15) is 11.5 Å². The minimum absolute atomic E-state index is 0.822. The summed E-state index contributed by atoms with van der Waals surface area (Å²) < 4.78 is 10.5. The fourth-order valence-electron chi connectivity index (χ4n) is 1.75. The first kappa shape index (κ1) is 18.5. The number of halogens is 3. The molecular formula is C14H15Cl3O2Ti+. The van der Waals surface area contributed by atoms with Crippen LogP contribution in [0.1, 0.15) is 5.56 Å². The van der Waals surface area contributed by atoms with Crippen LogP contribution in [-0.2, 0) is 21.1 Å². The van der Waals surface area contributed by atoms with Crippen molar-refractivity contribution in [2.75, 3.05) is 14.2 Å². The topological polar surface area (TPSA) is 18.5 Å². The van der Waals surface area contributed by atoms with Gasteiger partial charge in [-0.15, -0.1) is 0 Å². The second-order valence-electron chi connectivity index (χ2n) is 3.86. The zero-order chi connectivity index (χ0) is 15.0. The normalized spacial score (nSPS) is 14.4. The number of benzene rings is 1. The quantitative estimate of drug-likeness (QED) is 0.715. The first-order valence-electron chi connectivity index (χ1n) is 5.81. The third-order valence-electron chi connectivity index (χ3n) is 2.62. The van der Waals surface area contributed by atoms with E-state index in [4.69, 9.17) is 37.4 Å². The van der Waals surface area contributed by atoms with Crippen LogP contribution in [-0.4, -0.2) is 14.2 Å². The van der Waals surface area contributed by atoms with E-state index < -0.39 is 14.7 Å². The zero-order valence-corrected chi connectivity index (χ0v) is 15.0. The predicted molar refractivity (Wildman–Crippen MR) is 81.3 cm³/mol. The Kier molecular flexibility index (Phi) is 9.40. The third-order valence-corrected chi connectivity index (χ3v) is 2.62. The molecule has 0 amide bonds. The number of ether oxygens (including phenoxy) is 2. The standard InChI is InChI=1S/C14H15O2.3ClH.Ti/c1-15-13-8-7-12(14(10-13)16-2)9-11-5-3-4-6-11;;;;/h3-8,10H,9H2,1-2H3;3*1H;/q;;;;+4/p-3. The monoisotopic (exact) mass is 368 g/mol. The SMILES string of the molecule is COc1ccc(C[C]2[CH][CH][CH][CH]2)c(OC)c1.[Cl][Ti+]([Cl])[Cl]. The van der Waals surface area contributed by atoms with Gasteiger partial charge in [0.2, 0.25) is 0 Å². The van der Waals surface area contributed by atoms with Crippen LogP contribution < -0.4 is 9.47 Å². The maximum absolute atomic E-state index is 5.36. The summed E-state index contributed by atoms with van der Waals surface area (Å²) in [4.78, 5) is 0. The van der Waals surface area contributed by atoms with Gasteiger partial charge >= 0.3 is 42.6 Å². The molecule has 0 spiro atoms. The maximum atomic E-state index is 5.36. The van der Waals surface area contributed by atoms with Crippen molar-refractivity contribution < 1.29 is 24.2 Å². The summed E-state index contributed by atoms with van der Waals surface area (Å²) in [6.45, 7) is 0. The minimum atomic E-state index is -1.92. The van der Waals surface area contributed by atoms with Gasteiger partial charge in [-0.3, -0.25) is 0 Å². The van der Waals surface area contributed by atoms with E-state index in [2.05, 4.69) is 12.8 Å². The molecule has 1 aromatic carbocycles. The van der Waals surface area contributed by atoms with Crippen LogP contribution in [0.4, 0.5) is 0 Å². The molecule has 0 saturated heterocycles. The number of methoxy groups -OCH3 is 2. The van der Waals surface area contributed by atoms with Crippen molar-refractivity contribution in [3.8, 4) is 11.5 Å². The van der Waals surface area contributed by atoms with Gasteiger partial charge in [-0.25, -0.2) is 0 Å². The van der Waals surface area contributed by atoms with Gasteiger partial charge in [0.15, 0.2) is 0 Å². The Morgan fingerprint density at radius 3 is 2.10 bits per heavy atom. The van der Waals surface area contributed by atoms with Crippen molar-refractivity contribution in [1.82, 2.24) is 0 Å². The van der Waals surface area contributed by atoms with Crippen molar-refractivity contribution in [2.45, 2.75) is 6.42 Å². The summed E-state index contributed by atoms with van der Waals surface area (Å²) in [5, 5.41) is 0. The van der Waals surface area contributed by atoms with Crippen molar-refractivity contribution >= 4 is 27.9 Å². The van der Waals surface area contributed by atoms with Gasteiger partial charge in [-0.1, -0.05) is 6.07 Å². The molecule has 2 rings (SSSR count). The van der Waals surface area contributed by atoms with Gasteiger partial charge in [-0.05, 0) is 49.7 Å². The van der Waals surface area contributed by atoms with E-state index in [0.29, 0.717) is 0 Å². The molecule has 107 valence electrons. The Hall–Kier alpha value is 0.404. The second-order valence-corrected chi connectivity index (χ2v) is 11.6. The van der Waals surface area contributed by atoms with Crippen LogP contribution in [0.5, 0.6) is 11.5 Å². The fourth-order valence-corrected chi connectivity index (χ4v) is 1.75. The van der Waals surface area contributed by atoms with E-state index >= 15 is 0 Å². The van der Waals surface area contributed by atoms with E-state index in [0.717, 1.165) is 17.9 Å². The molecule has 0 N–H and O–H groups in total. The molecule has 0 aliphatic heterocycles. The number of hydrogen-bond donors (Lipinski definition) is 0. The molecule has 20 heavy (non-hydrogen) atoms. The molecule has 1 aromatic rings. The Morgan fingerprint density at radius 1 is 1.00 bits per heavy atom. The molecule has 5 radical (unpaired) electrons. The van der Waals surface area contributed by atoms with E-state index in [-0.39, 0.29) is 0 Å². The first-order chi connectivity index (χ1) is 9.56. The molecule has 1 saturated carbocycles. The molecule has 6 heteroatoms. The summed E-state index contributed by atoms with van der Waals surface area (Å²) in [6, 6.07) is 5.92. The molecule has 0 unspecified atom stereocenters. The third kappa shape index (κ3) is 6.91. The Labute approximate surface area is 139 Å². The summed E-state index contributed by atoms with van der Waals surface area (Å²) >= 11 is -1.92. The van der Waals surface area contributed by atoms with Gasteiger partial charge in [-0.2, -0.15) is 0 Å². The molecule has 2 nitrogen and oxygen atoms in total. The molecule has 0 atom stereocenters. The van der Waals surface area contributed by atoms with E-state index in [1.807, 2.05) is 31.0 Å². The summed E-state index contributed by atoms with van der Waals surface area (Å²) in [7, 11) is 18.3. The van der Waals surface area contributed by atoms with Crippen LogP contribution in [0.15, 0.2) is 18.2 Å². The van der Waals surface area contributed by atoms with E-state index in [1.54, 1.807) is 14.2 Å². The van der Waals surface area contributed by atoms with Gasteiger partial charge in [0, 0.05) is 6.07 Å². The molecule has 0 aromatic heterocycles. The molecule has 1 fully saturated rings. The summed E-state index contributed by atoms with van der Waals surface area (Å²) in [6.07, 6.45) is 9.21. The molecule has 0 heterocycles. The fraction of sp³-hybridized carbons (Fsp3) is 0.214. The summed E-state index contributed by atoms with van der Waals surface area (Å²) in [5.41, 5.74) is 1.18. The molecule has 1 aliphatic carbocycles. The second kappa shape index (κ2) is 10.2. The van der Waals surface area contributed by atoms with E-state index in [9.17, 15) is 0 Å². The summed E-state index contributed by atoms with van der Waals surface area (Å²) in [5.74, 6) is 2.99. The zero-order valence-electron chi connectivity index (χ0n) is 11.2. The average molecular weight is 369 g/mol. The Morgan fingerprint density at radius 2 is 1.60 bits per heavy atom. The van der Waals surface area contributed by atoms with Crippen molar-refractivity contribution in [2.24, 2.45) is 0 Å². The van der Waals surface area contributed by atoms with Crippen molar-refractivity contribution in [3.63, 3.8) is 0 Å². The van der Waals surface area contributed by atoms with Crippen molar-refractivity contribution in [1.29, 1.82) is 0 Å². The number of rotatable bonds is 4. The number of hydrogen-bond acceptors (Lipinski definition) is 2. The van der Waals surface area contributed by atoms with Gasteiger partial charge in [0.25, 0.3) is 0 Å². The van der Waals surface area contributed by atoms with Crippen LogP contribution >= 0.6 is 27.9 Å². The first-order valence-corrected chi connectivity index (χ1v) is 12.3. The van der Waals surface area contributed by atoms with Crippen LogP contribution in [0.25, 0.3) is 0 Å². The van der Waals surface area contributed by atoms with Crippen LogP contribution in [0.2, 0.25) is 0 Å².